The molecule has 9 heteroatoms. The van der Waals surface area contributed by atoms with Crippen LogP contribution in [0.1, 0.15) is 26.3 Å². The molecule has 2 aliphatic heterocycles. The number of carbonyl (C=O) groups is 2. The van der Waals surface area contributed by atoms with Gasteiger partial charge < -0.3 is 14.4 Å². The number of para-hydroxylation sites is 1. The molecule has 1 spiro atoms. The Kier molecular flexibility index (Phi) is 4.32. The number of hydrogen-bond acceptors (Lipinski definition) is 5. The molecular weight excluding hydrogens is 377 g/mol. The molecule has 0 saturated carbocycles. The van der Waals surface area contributed by atoms with Crippen molar-refractivity contribution in [1.29, 1.82) is 0 Å². The molecule has 0 radical (unpaired) electrons. The molecule has 150 valence electrons. The number of ether oxygens (including phenoxy) is 2. The largest absolute Gasteiger partial charge is 0.466 e. The van der Waals surface area contributed by atoms with Crippen LogP contribution in [0.2, 0.25) is 0 Å². The van der Waals surface area contributed by atoms with Gasteiger partial charge >= 0.3 is 12.1 Å². The normalized spacial score (nSPS) is 23.5. The van der Waals surface area contributed by atoms with Crippen LogP contribution >= 0.6 is 0 Å². The average Bonchev–Trinajstić information content (AvgIpc) is 3.02. The Morgan fingerprint density at radius 2 is 1.82 bits per heavy atom. The molecule has 0 aliphatic carbocycles. The number of benzene rings is 1. The van der Waals surface area contributed by atoms with Gasteiger partial charge in [-0.1, -0.05) is 18.2 Å². The van der Waals surface area contributed by atoms with Crippen molar-refractivity contribution in [3.8, 4) is 0 Å². The Hall–Kier alpha value is -2.84. The highest BCUT2D eigenvalue weighted by Crippen LogP contribution is 2.54. The summed E-state index contributed by atoms with van der Waals surface area (Å²) in [5.41, 5.74) is -5.09. The zero-order valence-electron chi connectivity index (χ0n) is 16.0. The Morgan fingerprint density at radius 1 is 1.21 bits per heavy atom. The van der Waals surface area contributed by atoms with Gasteiger partial charge in [0, 0.05) is 12.6 Å². The van der Waals surface area contributed by atoms with E-state index in [-0.39, 0.29) is 5.56 Å². The predicted molar refractivity (Wildman–Crippen MR) is 94.9 cm³/mol. The molecule has 1 amide bonds. The summed E-state index contributed by atoms with van der Waals surface area (Å²) < 4.78 is 52.3. The van der Waals surface area contributed by atoms with Gasteiger partial charge in [-0.15, -0.1) is 0 Å². The molecule has 3 rings (SSSR count). The number of fused-ring (bicyclic) bond motifs is 2. The second kappa shape index (κ2) is 6.08. The van der Waals surface area contributed by atoms with Gasteiger partial charge in [0.25, 0.3) is 5.91 Å². The van der Waals surface area contributed by atoms with E-state index in [0.717, 1.165) is 12.0 Å². The van der Waals surface area contributed by atoms with Crippen LogP contribution in [0.25, 0.3) is 0 Å². The lowest BCUT2D eigenvalue weighted by atomic mass is 9.85. The highest BCUT2D eigenvalue weighted by Gasteiger charge is 2.66. The first-order chi connectivity index (χ1) is 12.8. The molecule has 2 aliphatic rings. The standard InChI is InChI=1S/C19H19F3N2O4/c1-17(2,3)23-14-12(19(20,21)22)13(15(25)27-5)18(28-14)10-8-6-7-9-11(10)24(4)16(18)26/h6-9H,1-5H3. The van der Waals surface area contributed by atoms with Crippen molar-refractivity contribution in [2.75, 3.05) is 19.1 Å². The smallest absolute Gasteiger partial charge is 0.422 e. The van der Waals surface area contributed by atoms with Crippen molar-refractivity contribution in [1.82, 2.24) is 0 Å². The van der Waals surface area contributed by atoms with Crippen molar-refractivity contribution in [2.24, 2.45) is 4.99 Å². The lowest BCUT2D eigenvalue weighted by molar-refractivity contribution is -0.143. The minimum atomic E-state index is -4.99. The van der Waals surface area contributed by atoms with Gasteiger partial charge in [-0.05, 0) is 26.8 Å². The van der Waals surface area contributed by atoms with E-state index in [0.29, 0.717) is 5.69 Å². The first kappa shape index (κ1) is 19.9. The van der Waals surface area contributed by atoms with Gasteiger partial charge in [-0.25, -0.2) is 9.79 Å². The number of alkyl halides is 3. The number of likely N-dealkylation sites (N-methyl/N-ethyl adjacent to an activating group) is 1. The molecule has 0 saturated heterocycles. The predicted octanol–water partition coefficient (Wildman–Crippen LogP) is 3.12. The van der Waals surface area contributed by atoms with E-state index in [1.165, 1.54) is 13.1 Å². The summed E-state index contributed by atoms with van der Waals surface area (Å²) in [7, 11) is 2.35. The summed E-state index contributed by atoms with van der Waals surface area (Å²) in [6, 6.07) is 6.20. The van der Waals surface area contributed by atoms with E-state index in [2.05, 4.69) is 9.73 Å². The van der Waals surface area contributed by atoms with Crippen molar-refractivity contribution in [3.63, 3.8) is 0 Å². The third-order valence-electron chi connectivity index (χ3n) is 4.43. The maximum Gasteiger partial charge on any atom is 0.422 e. The maximum absolute atomic E-state index is 14.0. The van der Waals surface area contributed by atoms with E-state index in [4.69, 9.17) is 4.74 Å². The number of amides is 1. The van der Waals surface area contributed by atoms with Gasteiger partial charge in [0.15, 0.2) is 0 Å². The van der Waals surface area contributed by atoms with E-state index in [9.17, 15) is 22.8 Å². The minimum Gasteiger partial charge on any atom is -0.466 e. The number of hydrogen-bond donors (Lipinski definition) is 0. The van der Waals surface area contributed by atoms with Crippen molar-refractivity contribution < 1.29 is 32.2 Å². The molecule has 28 heavy (non-hydrogen) atoms. The van der Waals surface area contributed by atoms with Crippen LogP contribution in [0.3, 0.4) is 0 Å². The molecular formula is C19H19F3N2O4. The third-order valence-corrected chi connectivity index (χ3v) is 4.43. The fraction of sp³-hybridized carbons (Fsp3) is 0.421. The molecule has 0 bridgehead atoms. The second-order valence-corrected chi connectivity index (χ2v) is 7.49. The van der Waals surface area contributed by atoms with Crippen molar-refractivity contribution >= 4 is 23.5 Å². The van der Waals surface area contributed by atoms with Gasteiger partial charge in [0.05, 0.1) is 18.3 Å². The van der Waals surface area contributed by atoms with Gasteiger partial charge in [0.1, 0.15) is 11.1 Å². The minimum absolute atomic E-state index is 0.128. The van der Waals surface area contributed by atoms with E-state index in [1.54, 1.807) is 39.0 Å². The number of nitrogens with zero attached hydrogens (tertiary/aromatic N) is 2. The number of anilines is 1. The van der Waals surface area contributed by atoms with Crippen LogP contribution in [0, 0.1) is 0 Å². The van der Waals surface area contributed by atoms with E-state index >= 15 is 0 Å². The summed E-state index contributed by atoms with van der Waals surface area (Å²) >= 11 is 0. The van der Waals surface area contributed by atoms with Crippen molar-refractivity contribution in [3.05, 3.63) is 41.0 Å². The summed E-state index contributed by atoms with van der Waals surface area (Å²) in [4.78, 5) is 30.8. The Bertz CT molecular complexity index is 928. The number of carbonyl (C=O) groups excluding carboxylic acids is 2. The second-order valence-electron chi connectivity index (χ2n) is 7.49. The zero-order chi connectivity index (χ0) is 21.1. The molecule has 1 aromatic carbocycles. The molecule has 1 atom stereocenters. The molecule has 0 fully saturated rings. The summed E-state index contributed by atoms with van der Waals surface area (Å²) in [6.45, 7) is 4.74. The Morgan fingerprint density at radius 3 is 2.36 bits per heavy atom. The first-order valence-corrected chi connectivity index (χ1v) is 8.41. The monoisotopic (exact) mass is 396 g/mol. The van der Waals surface area contributed by atoms with Gasteiger partial charge in [0.2, 0.25) is 11.5 Å². The van der Waals surface area contributed by atoms with Crippen LogP contribution < -0.4 is 4.90 Å². The Balaban J connectivity index is 2.44. The number of halogens is 3. The maximum atomic E-state index is 14.0. The van der Waals surface area contributed by atoms with Gasteiger partial charge in [-0.2, -0.15) is 13.2 Å². The topological polar surface area (TPSA) is 68.2 Å². The molecule has 2 heterocycles. The highest BCUT2D eigenvalue weighted by molar-refractivity contribution is 6.21. The molecule has 0 N–H and O–H groups in total. The SMILES string of the molecule is COC(=O)C1=C(C(F)(F)F)C(=NC(C)(C)C)OC12C(=O)N(C)c1ccccc12. The molecule has 1 aromatic rings. The van der Waals surface area contributed by atoms with Crippen LogP contribution in [0.15, 0.2) is 40.4 Å². The zero-order valence-corrected chi connectivity index (χ0v) is 16.0. The number of esters is 1. The van der Waals surface area contributed by atoms with Crippen LogP contribution in [-0.2, 0) is 24.7 Å². The summed E-state index contributed by atoms with van der Waals surface area (Å²) in [6.07, 6.45) is -4.99. The van der Waals surface area contributed by atoms with Gasteiger partial charge in [-0.3, -0.25) is 4.79 Å². The van der Waals surface area contributed by atoms with E-state index < -0.39 is 46.2 Å². The van der Waals surface area contributed by atoms with Crippen molar-refractivity contribution in [2.45, 2.75) is 38.1 Å². The number of rotatable bonds is 1. The number of aliphatic imine (C=N–C) groups is 1. The molecule has 6 nitrogen and oxygen atoms in total. The fourth-order valence-corrected chi connectivity index (χ4v) is 3.39. The summed E-state index contributed by atoms with van der Waals surface area (Å²) in [5, 5.41) is 0. The number of methoxy groups -OCH3 is 1. The van der Waals surface area contributed by atoms with E-state index in [1.807, 2.05) is 0 Å². The first-order valence-electron chi connectivity index (χ1n) is 8.41. The van der Waals surface area contributed by atoms with Crippen LogP contribution in [0.4, 0.5) is 18.9 Å². The van der Waals surface area contributed by atoms with Crippen LogP contribution in [-0.4, -0.2) is 43.6 Å². The lowest BCUT2D eigenvalue weighted by Crippen LogP contribution is -2.43. The summed E-state index contributed by atoms with van der Waals surface area (Å²) in [5.74, 6) is -2.93. The fourth-order valence-electron chi connectivity index (χ4n) is 3.39. The molecule has 1 unspecified atom stereocenters. The molecule has 0 aromatic heterocycles. The Labute approximate surface area is 159 Å². The van der Waals surface area contributed by atoms with Crippen LogP contribution in [0.5, 0.6) is 0 Å². The average molecular weight is 396 g/mol. The quantitative estimate of drug-likeness (QED) is 0.684. The third kappa shape index (κ3) is 2.76. The highest BCUT2D eigenvalue weighted by atomic mass is 19.4. The lowest BCUT2D eigenvalue weighted by Gasteiger charge is -2.25.